The summed E-state index contributed by atoms with van der Waals surface area (Å²) in [4.78, 5) is 11.3. The molecular weight excluding hydrogens is 204 g/mol. The Morgan fingerprint density at radius 1 is 1.45 bits per heavy atom. The van der Waals surface area contributed by atoms with Crippen molar-refractivity contribution < 1.29 is 4.79 Å². The smallest absolute Gasteiger partial charge is 0.177 e. The monoisotopic (exact) mass is 211 g/mol. The van der Waals surface area contributed by atoms with Gasteiger partial charge in [-0.05, 0) is 48.5 Å². The van der Waals surface area contributed by atoms with Crippen molar-refractivity contribution in [1.82, 2.24) is 0 Å². The van der Waals surface area contributed by atoms with E-state index >= 15 is 0 Å². The molecule has 0 spiro atoms. The molecule has 1 saturated carbocycles. The van der Waals surface area contributed by atoms with Crippen molar-refractivity contribution in [2.24, 2.45) is 0 Å². The maximum atomic E-state index is 11.3. The molecule has 5 radical (unpaired) electrons. The van der Waals surface area contributed by atoms with E-state index in [9.17, 15) is 4.79 Å². The second-order valence-electron chi connectivity index (χ2n) is 2.14. The maximum absolute atomic E-state index is 11.3. The summed E-state index contributed by atoms with van der Waals surface area (Å²) in [5, 5.41) is 0. The molecule has 0 unspecified atom stereocenters. The van der Waals surface area contributed by atoms with E-state index in [-0.39, 0.29) is 5.78 Å². The maximum Gasteiger partial charge on any atom is 0.177 e. The van der Waals surface area contributed by atoms with E-state index < -0.39 is 0 Å². The van der Waals surface area contributed by atoms with Gasteiger partial charge in [0, 0.05) is 0 Å². The van der Waals surface area contributed by atoms with E-state index in [0.29, 0.717) is 4.48 Å². The first kappa shape index (κ1) is 8.98. The van der Waals surface area contributed by atoms with Gasteiger partial charge >= 0.3 is 0 Å². The van der Waals surface area contributed by atoms with Crippen LogP contribution in [0.15, 0.2) is 10.6 Å². The first-order chi connectivity index (χ1) is 5.25. The van der Waals surface area contributed by atoms with E-state index in [2.05, 4.69) is 15.9 Å². The Morgan fingerprint density at radius 2 is 2.00 bits per heavy atom. The fraction of sp³-hybridized carbons (Fsp3) is 0.111. The summed E-state index contributed by atoms with van der Waals surface area (Å²) >= 11 is 3.18. The molecule has 0 aliphatic heterocycles. The SMILES string of the molecule is C/C=C(/Br)C(=O)[C]1[CH][CH][CH][CH]1. The van der Waals surface area contributed by atoms with Crippen LogP contribution in [0.2, 0.25) is 0 Å². The number of carbonyl (C=O) groups excluding carboxylic acids is 1. The van der Waals surface area contributed by atoms with E-state index in [1.807, 2.05) is 19.8 Å². The molecule has 0 bridgehead atoms. The Balaban J connectivity index is 2.53. The van der Waals surface area contributed by atoms with Gasteiger partial charge in [0.05, 0.1) is 10.4 Å². The highest BCUT2D eigenvalue weighted by molar-refractivity contribution is 9.12. The van der Waals surface area contributed by atoms with Gasteiger partial charge in [-0.3, -0.25) is 4.79 Å². The first-order valence-electron chi connectivity index (χ1n) is 3.34. The molecule has 0 saturated heterocycles. The van der Waals surface area contributed by atoms with Gasteiger partial charge in [-0.25, -0.2) is 0 Å². The van der Waals surface area contributed by atoms with Crippen LogP contribution >= 0.6 is 15.9 Å². The molecule has 0 atom stereocenters. The van der Waals surface area contributed by atoms with Gasteiger partial charge in [0.25, 0.3) is 0 Å². The predicted molar refractivity (Wildman–Crippen MR) is 48.1 cm³/mol. The summed E-state index contributed by atoms with van der Waals surface area (Å²) in [5.41, 5.74) is 0. The number of ketones is 1. The lowest BCUT2D eigenvalue weighted by Gasteiger charge is -2.03. The van der Waals surface area contributed by atoms with E-state index in [1.165, 1.54) is 0 Å². The van der Waals surface area contributed by atoms with Crippen molar-refractivity contribution in [3.63, 3.8) is 0 Å². The molecule has 0 aromatic heterocycles. The van der Waals surface area contributed by atoms with Crippen molar-refractivity contribution in [3.8, 4) is 0 Å². The van der Waals surface area contributed by atoms with Gasteiger partial charge in [0.15, 0.2) is 5.78 Å². The van der Waals surface area contributed by atoms with Gasteiger partial charge in [-0.15, -0.1) is 0 Å². The van der Waals surface area contributed by atoms with E-state index in [0.717, 1.165) is 5.92 Å². The van der Waals surface area contributed by atoms with Crippen LogP contribution in [-0.2, 0) is 4.79 Å². The van der Waals surface area contributed by atoms with Gasteiger partial charge in [-0.1, -0.05) is 6.08 Å². The van der Waals surface area contributed by atoms with Crippen LogP contribution in [0.1, 0.15) is 6.92 Å². The van der Waals surface area contributed by atoms with Crippen LogP contribution in [0.25, 0.3) is 0 Å². The van der Waals surface area contributed by atoms with Crippen molar-refractivity contribution in [2.45, 2.75) is 6.92 Å². The van der Waals surface area contributed by atoms with Crippen LogP contribution in [0.4, 0.5) is 0 Å². The third kappa shape index (κ3) is 2.16. The molecule has 1 rings (SSSR count). The van der Waals surface area contributed by atoms with Crippen molar-refractivity contribution in [3.05, 3.63) is 42.2 Å². The highest BCUT2D eigenvalue weighted by Gasteiger charge is 2.25. The van der Waals surface area contributed by atoms with Gasteiger partial charge in [-0.2, -0.15) is 0 Å². The Labute approximate surface area is 76.0 Å². The first-order valence-corrected chi connectivity index (χ1v) is 4.13. The molecule has 2 heteroatoms. The fourth-order valence-electron chi connectivity index (χ4n) is 0.794. The molecule has 0 aromatic rings. The summed E-state index contributed by atoms with van der Waals surface area (Å²) in [6.45, 7) is 1.82. The predicted octanol–water partition coefficient (Wildman–Crippen LogP) is 2.26. The molecule has 0 aromatic carbocycles. The minimum atomic E-state index is 0.0394. The number of hydrogen-bond donors (Lipinski definition) is 0. The zero-order valence-corrected chi connectivity index (χ0v) is 7.76. The molecule has 1 aliphatic rings. The lowest BCUT2D eigenvalue weighted by atomic mass is 10.0. The lowest BCUT2D eigenvalue weighted by molar-refractivity contribution is -0.112. The second-order valence-corrected chi connectivity index (χ2v) is 2.99. The quantitative estimate of drug-likeness (QED) is 0.641. The Hall–Kier alpha value is -0.110. The summed E-state index contributed by atoms with van der Waals surface area (Å²) in [6, 6.07) is 0. The van der Waals surface area contributed by atoms with Gasteiger partial charge < -0.3 is 0 Å². The summed E-state index contributed by atoms with van der Waals surface area (Å²) in [6.07, 6.45) is 9.04. The third-order valence-electron chi connectivity index (χ3n) is 1.40. The fourth-order valence-corrected chi connectivity index (χ4v) is 1.02. The third-order valence-corrected chi connectivity index (χ3v) is 2.21. The number of halogens is 1. The highest BCUT2D eigenvalue weighted by Crippen LogP contribution is 2.27. The number of hydrogen-bond acceptors (Lipinski definition) is 1. The molecule has 57 valence electrons. The number of Topliss-reactive ketones (excluding diaryl/α,β-unsaturated/α-hetero) is 1. The Morgan fingerprint density at radius 3 is 2.45 bits per heavy atom. The molecule has 11 heavy (non-hydrogen) atoms. The Bertz CT molecular complexity index is 178. The molecule has 1 fully saturated rings. The number of carbonyl (C=O) groups is 1. The summed E-state index contributed by atoms with van der Waals surface area (Å²) in [7, 11) is 0. The van der Waals surface area contributed by atoms with Crippen LogP contribution in [0, 0.1) is 31.6 Å². The molecule has 1 nitrogen and oxygen atoms in total. The average molecular weight is 212 g/mol. The van der Waals surface area contributed by atoms with Crippen molar-refractivity contribution in [1.29, 1.82) is 0 Å². The second kappa shape index (κ2) is 4.05. The van der Waals surface area contributed by atoms with Gasteiger partial charge in [0.1, 0.15) is 0 Å². The molecule has 0 N–H and O–H groups in total. The average Bonchev–Trinajstić information content (AvgIpc) is 2.53. The van der Waals surface area contributed by atoms with Crippen molar-refractivity contribution >= 4 is 21.7 Å². The highest BCUT2D eigenvalue weighted by atomic mass is 79.9. The van der Waals surface area contributed by atoms with Gasteiger partial charge in [0.2, 0.25) is 0 Å². The largest absolute Gasteiger partial charge is 0.293 e. The molecule has 0 amide bonds. The lowest BCUT2D eigenvalue weighted by Crippen LogP contribution is -2.08. The topological polar surface area (TPSA) is 17.1 Å². The number of rotatable bonds is 2. The zero-order chi connectivity index (χ0) is 8.27. The standard InChI is InChI=1S/C9H8BrO/c1-2-8(10)9(11)7-5-3-4-6-7/h2-6H,1H3/b8-2+. The van der Waals surface area contributed by atoms with Crippen molar-refractivity contribution in [2.75, 3.05) is 0 Å². The molecule has 1 aliphatic carbocycles. The minimum absolute atomic E-state index is 0.0394. The molecule has 0 heterocycles. The molecular formula is C9H8BrO. The zero-order valence-electron chi connectivity index (χ0n) is 6.17. The summed E-state index contributed by atoms with van der Waals surface area (Å²) in [5.74, 6) is 0.771. The van der Waals surface area contributed by atoms with Crippen LogP contribution in [0.5, 0.6) is 0 Å². The van der Waals surface area contributed by atoms with Crippen LogP contribution in [-0.4, -0.2) is 5.78 Å². The van der Waals surface area contributed by atoms with E-state index in [4.69, 9.17) is 0 Å². The van der Waals surface area contributed by atoms with Crippen LogP contribution < -0.4 is 0 Å². The summed E-state index contributed by atoms with van der Waals surface area (Å²) < 4.78 is 0.615. The van der Waals surface area contributed by atoms with E-state index in [1.54, 1.807) is 18.9 Å². The minimum Gasteiger partial charge on any atom is -0.293 e. The Kier molecular flexibility index (Phi) is 3.31. The van der Waals surface area contributed by atoms with Crippen LogP contribution in [0.3, 0.4) is 0 Å². The number of allylic oxidation sites excluding steroid dienone is 2. The normalized spacial score (nSPS) is 20.7.